The molecule has 0 heterocycles. The van der Waals surface area contributed by atoms with Crippen LogP contribution in [0, 0.1) is 11.8 Å². The van der Waals surface area contributed by atoms with Crippen LogP contribution in [0.5, 0.6) is 0 Å². The van der Waals surface area contributed by atoms with Crippen LogP contribution in [-0.2, 0) is 4.79 Å². The summed E-state index contributed by atoms with van der Waals surface area (Å²) in [6, 6.07) is 0.722. The SMILES string of the molecule is CCCCCCNC1CCCC(C)C1CCCCCCC(=O)O. The number of carbonyl (C=O) groups is 1. The van der Waals surface area contributed by atoms with Crippen LogP contribution in [0.25, 0.3) is 0 Å². The van der Waals surface area contributed by atoms with E-state index in [2.05, 4.69) is 19.2 Å². The first-order valence-electron chi connectivity index (χ1n) is 10.1. The van der Waals surface area contributed by atoms with E-state index in [1.54, 1.807) is 0 Å². The quantitative estimate of drug-likeness (QED) is 0.447. The van der Waals surface area contributed by atoms with Crippen molar-refractivity contribution in [3.8, 4) is 0 Å². The van der Waals surface area contributed by atoms with Gasteiger partial charge in [0.2, 0.25) is 0 Å². The molecule has 136 valence electrons. The van der Waals surface area contributed by atoms with Crippen LogP contribution in [-0.4, -0.2) is 23.7 Å². The molecule has 0 aliphatic heterocycles. The number of unbranched alkanes of at least 4 members (excludes halogenated alkanes) is 6. The summed E-state index contributed by atoms with van der Waals surface area (Å²) in [6.45, 7) is 5.88. The van der Waals surface area contributed by atoms with Crippen molar-refractivity contribution in [1.82, 2.24) is 5.32 Å². The minimum absolute atomic E-state index is 0.335. The summed E-state index contributed by atoms with van der Waals surface area (Å²) in [5.41, 5.74) is 0. The Hall–Kier alpha value is -0.570. The standard InChI is InChI=1S/C20H39NO2/c1-3-4-5-10-16-21-19-14-11-12-17(2)18(19)13-8-6-7-9-15-20(22)23/h17-19,21H,3-16H2,1-2H3,(H,22,23). The van der Waals surface area contributed by atoms with Gasteiger partial charge in [0.15, 0.2) is 0 Å². The van der Waals surface area contributed by atoms with Crippen LogP contribution in [0.3, 0.4) is 0 Å². The molecule has 0 radical (unpaired) electrons. The lowest BCUT2D eigenvalue weighted by Crippen LogP contribution is -2.42. The van der Waals surface area contributed by atoms with Crippen molar-refractivity contribution in [3.63, 3.8) is 0 Å². The Bertz CT molecular complexity index is 306. The number of carboxylic acid groups (broad SMARTS) is 1. The van der Waals surface area contributed by atoms with Gasteiger partial charge in [-0.3, -0.25) is 4.79 Å². The van der Waals surface area contributed by atoms with Crippen molar-refractivity contribution in [2.45, 2.75) is 103 Å². The van der Waals surface area contributed by atoms with Crippen LogP contribution in [0.15, 0.2) is 0 Å². The van der Waals surface area contributed by atoms with Crippen LogP contribution < -0.4 is 5.32 Å². The van der Waals surface area contributed by atoms with Gasteiger partial charge >= 0.3 is 5.97 Å². The van der Waals surface area contributed by atoms with Gasteiger partial charge in [0.1, 0.15) is 0 Å². The molecule has 1 rings (SSSR count). The smallest absolute Gasteiger partial charge is 0.303 e. The Morgan fingerprint density at radius 3 is 2.52 bits per heavy atom. The highest BCUT2D eigenvalue weighted by atomic mass is 16.4. The van der Waals surface area contributed by atoms with E-state index < -0.39 is 5.97 Å². The summed E-state index contributed by atoms with van der Waals surface area (Å²) in [6.07, 6.45) is 15.5. The highest BCUT2D eigenvalue weighted by Crippen LogP contribution is 2.33. The molecule has 2 N–H and O–H groups in total. The van der Waals surface area contributed by atoms with E-state index in [9.17, 15) is 4.79 Å². The second-order valence-corrected chi connectivity index (χ2v) is 7.54. The van der Waals surface area contributed by atoms with Gasteiger partial charge in [0.25, 0.3) is 0 Å². The third-order valence-corrected chi connectivity index (χ3v) is 5.54. The molecule has 3 unspecified atom stereocenters. The Balaban J connectivity index is 2.20. The van der Waals surface area contributed by atoms with Crippen molar-refractivity contribution in [2.75, 3.05) is 6.54 Å². The number of aliphatic carboxylic acids is 1. The lowest BCUT2D eigenvalue weighted by Gasteiger charge is -2.37. The topological polar surface area (TPSA) is 49.3 Å². The monoisotopic (exact) mass is 325 g/mol. The zero-order valence-electron chi connectivity index (χ0n) is 15.5. The maximum absolute atomic E-state index is 10.5. The molecule has 1 saturated carbocycles. The second-order valence-electron chi connectivity index (χ2n) is 7.54. The summed E-state index contributed by atoms with van der Waals surface area (Å²) >= 11 is 0. The average Bonchev–Trinajstić information content (AvgIpc) is 2.52. The Kier molecular flexibility index (Phi) is 11.4. The number of hydrogen-bond acceptors (Lipinski definition) is 2. The molecule has 1 fully saturated rings. The molecule has 1 aliphatic rings. The van der Waals surface area contributed by atoms with E-state index in [1.807, 2.05) is 0 Å². The minimum Gasteiger partial charge on any atom is -0.481 e. The van der Waals surface area contributed by atoms with Gasteiger partial charge in [0, 0.05) is 12.5 Å². The summed E-state index contributed by atoms with van der Waals surface area (Å²) in [5.74, 6) is 1.02. The lowest BCUT2D eigenvalue weighted by molar-refractivity contribution is -0.137. The fraction of sp³-hybridized carbons (Fsp3) is 0.950. The zero-order valence-corrected chi connectivity index (χ0v) is 15.5. The van der Waals surface area contributed by atoms with Crippen LogP contribution in [0.2, 0.25) is 0 Å². The largest absolute Gasteiger partial charge is 0.481 e. The maximum atomic E-state index is 10.5. The molecule has 1 aliphatic carbocycles. The fourth-order valence-corrected chi connectivity index (χ4v) is 4.07. The maximum Gasteiger partial charge on any atom is 0.303 e. The summed E-state index contributed by atoms with van der Waals surface area (Å²) in [5, 5.41) is 12.5. The number of hydrogen-bond donors (Lipinski definition) is 2. The van der Waals surface area contributed by atoms with Gasteiger partial charge in [-0.05, 0) is 44.1 Å². The first-order chi connectivity index (χ1) is 11.1. The van der Waals surface area contributed by atoms with Crippen molar-refractivity contribution in [3.05, 3.63) is 0 Å². The first-order valence-corrected chi connectivity index (χ1v) is 10.1. The van der Waals surface area contributed by atoms with Gasteiger partial charge < -0.3 is 10.4 Å². The van der Waals surface area contributed by atoms with E-state index in [0.29, 0.717) is 6.42 Å². The van der Waals surface area contributed by atoms with E-state index in [4.69, 9.17) is 5.11 Å². The number of nitrogens with one attached hydrogen (secondary N) is 1. The van der Waals surface area contributed by atoms with E-state index in [1.165, 1.54) is 70.8 Å². The zero-order chi connectivity index (χ0) is 16.9. The third-order valence-electron chi connectivity index (χ3n) is 5.54. The fourth-order valence-electron chi connectivity index (χ4n) is 4.07. The molecule has 23 heavy (non-hydrogen) atoms. The molecule has 0 aromatic carbocycles. The van der Waals surface area contributed by atoms with Gasteiger partial charge in [0.05, 0.1) is 0 Å². The second kappa shape index (κ2) is 12.8. The predicted octanol–water partition coefficient (Wildman–Crippen LogP) is 5.39. The number of rotatable bonds is 13. The van der Waals surface area contributed by atoms with E-state index in [-0.39, 0.29) is 0 Å². The van der Waals surface area contributed by atoms with Crippen molar-refractivity contribution in [1.29, 1.82) is 0 Å². The molecule has 0 amide bonds. The van der Waals surface area contributed by atoms with Crippen molar-refractivity contribution >= 4 is 5.97 Å². The van der Waals surface area contributed by atoms with Gasteiger partial charge in [-0.1, -0.05) is 65.2 Å². The molecular formula is C20H39NO2. The Labute approximate surface area is 143 Å². The summed E-state index contributed by atoms with van der Waals surface area (Å²) in [7, 11) is 0. The van der Waals surface area contributed by atoms with Gasteiger partial charge in [-0.2, -0.15) is 0 Å². The molecule has 0 saturated heterocycles. The van der Waals surface area contributed by atoms with E-state index >= 15 is 0 Å². The number of carboxylic acids is 1. The molecule has 3 heteroatoms. The average molecular weight is 326 g/mol. The molecule has 0 aromatic heterocycles. The lowest BCUT2D eigenvalue weighted by atomic mass is 9.74. The highest BCUT2D eigenvalue weighted by Gasteiger charge is 2.29. The first kappa shape index (κ1) is 20.5. The predicted molar refractivity (Wildman–Crippen MR) is 97.8 cm³/mol. The molecule has 0 aromatic rings. The summed E-state index contributed by atoms with van der Waals surface area (Å²) < 4.78 is 0. The van der Waals surface area contributed by atoms with Crippen molar-refractivity contribution < 1.29 is 9.90 Å². The molecule has 3 atom stereocenters. The van der Waals surface area contributed by atoms with Crippen LogP contribution in [0.1, 0.15) is 97.3 Å². The van der Waals surface area contributed by atoms with E-state index in [0.717, 1.165) is 30.7 Å². The van der Waals surface area contributed by atoms with Crippen molar-refractivity contribution in [2.24, 2.45) is 11.8 Å². The molecular weight excluding hydrogens is 286 g/mol. The van der Waals surface area contributed by atoms with Crippen LogP contribution in [0.4, 0.5) is 0 Å². The van der Waals surface area contributed by atoms with Gasteiger partial charge in [-0.15, -0.1) is 0 Å². The minimum atomic E-state index is -0.654. The molecule has 0 spiro atoms. The Morgan fingerprint density at radius 1 is 1.04 bits per heavy atom. The normalized spacial score (nSPS) is 24.7. The van der Waals surface area contributed by atoms with Crippen LogP contribution >= 0.6 is 0 Å². The molecule has 3 nitrogen and oxygen atoms in total. The summed E-state index contributed by atoms with van der Waals surface area (Å²) in [4.78, 5) is 10.5. The highest BCUT2D eigenvalue weighted by molar-refractivity contribution is 5.66. The van der Waals surface area contributed by atoms with Gasteiger partial charge in [-0.25, -0.2) is 0 Å². The third kappa shape index (κ3) is 9.34. The Morgan fingerprint density at radius 2 is 1.78 bits per heavy atom. The molecule has 0 bridgehead atoms.